The first-order chi connectivity index (χ1) is 14.2. The van der Waals surface area contributed by atoms with Gasteiger partial charge in [-0.15, -0.1) is 0 Å². The molecule has 0 bridgehead atoms. The van der Waals surface area contributed by atoms with Gasteiger partial charge in [-0.05, 0) is 62.2 Å². The molecule has 3 rings (SSSR count). The number of hydrogen-bond acceptors (Lipinski definition) is 7. The van der Waals surface area contributed by atoms with Crippen LogP contribution in [0.5, 0.6) is 0 Å². The second kappa shape index (κ2) is 9.14. The molecule has 0 aliphatic rings. The highest BCUT2D eigenvalue weighted by Gasteiger charge is 2.16. The summed E-state index contributed by atoms with van der Waals surface area (Å²) in [6, 6.07) is 9.09. The summed E-state index contributed by atoms with van der Waals surface area (Å²) >= 11 is 0. The van der Waals surface area contributed by atoms with Gasteiger partial charge < -0.3 is 10.6 Å². The second-order valence-electron chi connectivity index (χ2n) is 6.76. The minimum atomic E-state index is -3.73. The summed E-state index contributed by atoms with van der Waals surface area (Å²) in [5, 5.41) is 6.20. The van der Waals surface area contributed by atoms with Gasteiger partial charge in [0.1, 0.15) is 29.1 Å². The maximum Gasteiger partial charge on any atom is 0.240 e. The molecule has 0 saturated carbocycles. The third-order valence-electron chi connectivity index (χ3n) is 4.16. The number of pyridine rings is 1. The molecule has 3 N–H and O–H groups in total. The zero-order chi connectivity index (χ0) is 21.7. The van der Waals surface area contributed by atoms with Crippen LogP contribution in [0.3, 0.4) is 0 Å². The van der Waals surface area contributed by atoms with E-state index in [1.807, 2.05) is 19.1 Å². The lowest BCUT2D eigenvalue weighted by Gasteiger charge is -2.12. The first-order valence-electron chi connectivity index (χ1n) is 9.28. The monoisotopic (exact) mass is 430 g/mol. The Morgan fingerprint density at radius 2 is 1.70 bits per heavy atom. The fraction of sp³-hybridized carbons (Fsp3) is 0.250. The van der Waals surface area contributed by atoms with E-state index in [0.29, 0.717) is 35.4 Å². The van der Waals surface area contributed by atoms with E-state index in [4.69, 9.17) is 0 Å². The molecule has 2 aromatic heterocycles. The largest absolute Gasteiger partial charge is 0.369 e. The van der Waals surface area contributed by atoms with Crippen molar-refractivity contribution in [2.45, 2.75) is 25.7 Å². The van der Waals surface area contributed by atoms with Crippen LogP contribution in [-0.2, 0) is 10.0 Å². The Morgan fingerprint density at radius 1 is 0.933 bits per heavy atom. The number of sulfonamides is 1. The Bertz CT molecular complexity index is 1150. The Kier molecular flexibility index (Phi) is 6.58. The van der Waals surface area contributed by atoms with Crippen LogP contribution < -0.4 is 15.4 Å². The molecular weight excluding hydrogens is 407 g/mol. The molecule has 158 valence electrons. The second-order valence-corrected chi connectivity index (χ2v) is 8.50. The van der Waals surface area contributed by atoms with Gasteiger partial charge in [-0.25, -0.2) is 32.5 Å². The van der Waals surface area contributed by atoms with E-state index < -0.39 is 15.8 Å². The SMILES string of the molecule is Cc1ccnc(Nc2cc(NCCNS(=O)(=O)c3ccc(F)cc3C)nc(C)n2)c1. The number of aryl methyl sites for hydroxylation is 3. The molecule has 0 unspecified atom stereocenters. The summed E-state index contributed by atoms with van der Waals surface area (Å²) in [6.45, 7) is 5.72. The lowest BCUT2D eigenvalue weighted by Crippen LogP contribution is -2.29. The van der Waals surface area contributed by atoms with Crippen LogP contribution in [0.15, 0.2) is 47.5 Å². The third-order valence-corrected chi connectivity index (χ3v) is 5.78. The Labute approximate surface area is 175 Å². The molecule has 2 heterocycles. The van der Waals surface area contributed by atoms with Crippen molar-refractivity contribution in [3.8, 4) is 0 Å². The molecule has 10 heteroatoms. The van der Waals surface area contributed by atoms with Crippen LogP contribution in [-0.4, -0.2) is 36.5 Å². The normalized spacial score (nSPS) is 11.3. The maximum absolute atomic E-state index is 13.2. The molecule has 3 aromatic rings. The standard InChI is InChI=1S/C20H23FN6O2S/c1-13-6-7-22-18(10-13)27-20-12-19(25-15(3)26-20)23-8-9-24-30(28,29)17-5-4-16(21)11-14(17)2/h4-7,10-12,24H,8-9H2,1-3H3,(H2,22,23,25,26,27). The summed E-state index contributed by atoms with van der Waals surface area (Å²) < 4.78 is 40.5. The first-order valence-corrected chi connectivity index (χ1v) is 10.8. The summed E-state index contributed by atoms with van der Waals surface area (Å²) in [5.41, 5.74) is 1.42. The highest BCUT2D eigenvalue weighted by molar-refractivity contribution is 7.89. The van der Waals surface area contributed by atoms with Gasteiger partial charge in [0.25, 0.3) is 0 Å². The fourth-order valence-corrected chi connectivity index (χ4v) is 4.08. The van der Waals surface area contributed by atoms with Crippen molar-refractivity contribution in [1.29, 1.82) is 0 Å². The molecule has 0 aliphatic carbocycles. The van der Waals surface area contributed by atoms with Crippen molar-refractivity contribution in [3.63, 3.8) is 0 Å². The lowest BCUT2D eigenvalue weighted by atomic mass is 10.2. The van der Waals surface area contributed by atoms with Crippen molar-refractivity contribution < 1.29 is 12.8 Å². The van der Waals surface area contributed by atoms with Crippen LogP contribution in [0.4, 0.5) is 21.8 Å². The van der Waals surface area contributed by atoms with Crippen molar-refractivity contribution in [1.82, 2.24) is 19.7 Å². The quantitative estimate of drug-likeness (QED) is 0.471. The van der Waals surface area contributed by atoms with Crippen LogP contribution in [0, 0.1) is 26.6 Å². The molecule has 30 heavy (non-hydrogen) atoms. The molecule has 0 saturated heterocycles. The minimum absolute atomic E-state index is 0.0546. The van der Waals surface area contributed by atoms with Crippen LogP contribution in [0.1, 0.15) is 17.0 Å². The number of aromatic nitrogens is 3. The molecular formula is C20H23FN6O2S. The highest BCUT2D eigenvalue weighted by Crippen LogP contribution is 2.17. The van der Waals surface area contributed by atoms with E-state index in [1.165, 1.54) is 12.1 Å². The zero-order valence-corrected chi connectivity index (χ0v) is 17.7. The van der Waals surface area contributed by atoms with E-state index >= 15 is 0 Å². The van der Waals surface area contributed by atoms with Crippen molar-refractivity contribution in [3.05, 3.63) is 65.4 Å². The number of benzene rings is 1. The van der Waals surface area contributed by atoms with Crippen LogP contribution in [0.25, 0.3) is 0 Å². The van der Waals surface area contributed by atoms with Gasteiger partial charge in [0.15, 0.2) is 0 Å². The zero-order valence-electron chi connectivity index (χ0n) is 16.9. The van der Waals surface area contributed by atoms with Gasteiger partial charge in [0, 0.05) is 25.4 Å². The molecule has 1 aromatic carbocycles. The van der Waals surface area contributed by atoms with Crippen LogP contribution >= 0.6 is 0 Å². The molecule has 0 fully saturated rings. The summed E-state index contributed by atoms with van der Waals surface area (Å²) in [6.07, 6.45) is 1.71. The minimum Gasteiger partial charge on any atom is -0.369 e. The summed E-state index contributed by atoms with van der Waals surface area (Å²) in [4.78, 5) is 12.9. The number of nitrogens with one attached hydrogen (secondary N) is 3. The molecule has 8 nitrogen and oxygen atoms in total. The third kappa shape index (κ3) is 5.71. The summed E-state index contributed by atoms with van der Waals surface area (Å²) in [7, 11) is -3.73. The van der Waals surface area contributed by atoms with E-state index in [1.54, 1.807) is 26.1 Å². The predicted octanol–water partition coefficient (Wildman–Crippen LogP) is 3.07. The summed E-state index contributed by atoms with van der Waals surface area (Å²) in [5.74, 6) is 1.87. The lowest BCUT2D eigenvalue weighted by molar-refractivity contribution is 0.581. The maximum atomic E-state index is 13.2. The molecule has 0 spiro atoms. The van der Waals surface area contributed by atoms with E-state index in [-0.39, 0.29) is 11.4 Å². The predicted molar refractivity (Wildman–Crippen MR) is 114 cm³/mol. The van der Waals surface area contributed by atoms with Gasteiger partial charge in [0.2, 0.25) is 10.0 Å². The number of anilines is 3. The van der Waals surface area contributed by atoms with Gasteiger partial charge >= 0.3 is 0 Å². The van der Waals surface area contributed by atoms with Crippen molar-refractivity contribution in [2.75, 3.05) is 23.7 Å². The molecule has 0 aliphatic heterocycles. The van der Waals surface area contributed by atoms with Gasteiger partial charge in [-0.1, -0.05) is 0 Å². The average Bonchev–Trinajstić information content (AvgIpc) is 2.64. The first kappa shape index (κ1) is 21.6. The average molecular weight is 431 g/mol. The topological polar surface area (TPSA) is 109 Å². The van der Waals surface area contributed by atoms with Crippen molar-refractivity contribution in [2.24, 2.45) is 0 Å². The fourth-order valence-electron chi connectivity index (χ4n) is 2.83. The smallest absolute Gasteiger partial charge is 0.240 e. The Hall–Kier alpha value is -3.11. The van der Waals surface area contributed by atoms with Gasteiger partial charge in [-0.3, -0.25) is 0 Å². The van der Waals surface area contributed by atoms with Gasteiger partial charge in [0.05, 0.1) is 4.90 Å². The van der Waals surface area contributed by atoms with E-state index in [0.717, 1.165) is 11.6 Å². The van der Waals surface area contributed by atoms with Gasteiger partial charge in [-0.2, -0.15) is 0 Å². The highest BCUT2D eigenvalue weighted by atomic mass is 32.2. The van der Waals surface area contributed by atoms with E-state index in [2.05, 4.69) is 30.3 Å². The number of hydrogen-bond donors (Lipinski definition) is 3. The van der Waals surface area contributed by atoms with E-state index in [9.17, 15) is 12.8 Å². The number of rotatable bonds is 8. The van der Waals surface area contributed by atoms with Crippen LogP contribution in [0.2, 0.25) is 0 Å². The number of nitrogens with zero attached hydrogens (tertiary/aromatic N) is 3. The number of halogens is 1. The molecule has 0 radical (unpaired) electrons. The Morgan fingerprint density at radius 3 is 2.43 bits per heavy atom. The van der Waals surface area contributed by atoms with Crippen molar-refractivity contribution >= 4 is 27.5 Å². The molecule has 0 amide bonds. The Balaban J connectivity index is 1.60. The molecule has 0 atom stereocenters.